The van der Waals surface area contributed by atoms with E-state index in [9.17, 15) is 13.6 Å². The first-order valence-electron chi connectivity index (χ1n) is 12.6. The van der Waals surface area contributed by atoms with Crippen LogP contribution in [0.15, 0.2) is 71.8 Å². The van der Waals surface area contributed by atoms with E-state index < -0.39 is 16.5 Å². The second kappa shape index (κ2) is 11.9. The van der Waals surface area contributed by atoms with E-state index in [0.717, 1.165) is 38.5 Å². The number of hydrogen-bond donors (Lipinski definition) is 2. The maximum atomic E-state index is 14.9. The molecule has 2 heterocycles. The number of hydroxylamine groups is 2. The van der Waals surface area contributed by atoms with Crippen molar-refractivity contribution < 1.29 is 18.4 Å². The molecule has 1 aliphatic rings. The van der Waals surface area contributed by atoms with Crippen LogP contribution >= 0.6 is 23.1 Å². The van der Waals surface area contributed by atoms with Crippen LogP contribution in [0, 0.1) is 11.6 Å². The minimum atomic E-state index is -0.774. The Bertz CT molecular complexity index is 1550. The van der Waals surface area contributed by atoms with Gasteiger partial charge in [-0.25, -0.2) is 28.6 Å². The van der Waals surface area contributed by atoms with Crippen LogP contribution in [0.25, 0.3) is 10.2 Å². The number of aromatic nitrogens is 1. The van der Waals surface area contributed by atoms with Crippen molar-refractivity contribution in [3.8, 4) is 0 Å². The molecule has 3 N–H and O–H groups in total. The predicted octanol–water partition coefficient (Wildman–Crippen LogP) is 5.78. The molecule has 0 radical (unpaired) electrons. The Kier molecular flexibility index (Phi) is 8.31. The highest BCUT2D eigenvalue weighted by molar-refractivity contribution is 8.15. The van der Waals surface area contributed by atoms with Crippen molar-refractivity contribution in [3.63, 3.8) is 0 Å². The van der Waals surface area contributed by atoms with Gasteiger partial charge in [-0.1, -0.05) is 59.5 Å². The molecule has 1 atom stereocenters. The summed E-state index contributed by atoms with van der Waals surface area (Å²) in [6, 6.07) is 18.6. The Morgan fingerprint density at radius 2 is 1.95 bits per heavy atom. The van der Waals surface area contributed by atoms with Crippen LogP contribution in [-0.2, 0) is 16.3 Å². The van der Waals surface area contributed by atoms with Crippen LogP contribution in [0.1, 0.15) is 29.5 Å². The number of rotatable bonds is 9. The Labute approximate surface area is 238 Å². The lowest BCUT2D eigenvalue weighted by Gasteiger charge is -2.35. The number of carbonyl (C=O) groups is 1. The molecule has 4 aromatic rings. The molecule has 0 aliphatic carbocycles. The number of hydrogen-bond acceptors (Lipinski definition) is 8. The number of benzene rings is 3. The molecular formula is C28H28F2N6O2S2. The lowest BCUT2D eigenvalue weighted by molar-refractivity contribution is -0.0648. The molecule has 2 amide bonds. The van der Waals surface area contributed by atoms with Gasteiger partial charge in [-0.15, -0.1) is 0 Å². The standard InChI is InChI=1S/C28H28F2N6O2S2/c1-35(38-2)26(37)32-17-18-9-12-23-24(15-18)39-27(33-23)36-28(13-6-14-31,19-7-4-3-5-8-19)40-25(34-36)21-16-20(29)10-11-22(21)30/h3-5,7-12,15-16H,6,13-14,17,31H2,1-2H3,(H,32,37). The highest BCUT2D eigenvalue weighted by Gasteiger charge is 2.47. The fourth-order valence-corrected chi connectivity index (χ4v) is 6.95. The van der Waals surface area contributed by atoms with Crippen molar-refractivity contribution >= 4 is 49.5 Å². The van der Waals surface area contributed by atoms with Crippen molar-refractivity contribution in [2.75, 3.05) is 25.7 Å². The normalized spacial score (nSPS) is 16.8. The molecule has 8 nitrogen and oxygen atoms in total. The number of fused-ring (bicyclic) bond motifs is 1. The van der Waals surface area contributed by atoms with E-state index in [0.29, 0.717) is 36.1 Å². The number of anilines is 1. The van der Waals surface area contributed by atoms with Crippen molar-refractivity contribution in [2.45, 2.75) is 24.3 Å². The van der Waals surface area contributed by atoms with E-state index in [1.54, 1.807) is 0 Å². The summed E-state index contributed by atoms with van der Waals surface area (Å²) in [6.45, 7) is 0.765. The van der Waals surface area contributed by atoms with Gasteiger partial charge in [0, 0.05) is 19.2 Å². The molecule has 208 valence electrons. The number of hydrazone groups is 1. The second-order valence-electron chi connectivity index (χ2n) is 9.12. The Hall–Kier alpha value is -3.58. The van der Waals surface area contributed by atoms with E-state index in [4.69, 9.17) is 20.7 Å². The number of amides is 2. The summed E-state index contributed by atoms with van der Waals surface area (Å²) in [6.07, 6.45) is 1.28. The molecular weight excluding hydrogens is 554 g/mol. The van der Waals surface area contributed by atoms with Gasteiger partial charge in [0.25, 0.3) is 0 Å². The summed E-state index contributed by atoms with van der Waals surface area (Å²) in [7, 11) is 2.94. The molecule has 0 saturated heterocycles. The second-order valence-corrected chi connectivity index (χ2v) is 11.4. The quantitative estimate of drug-likeness (QED) is 0.243. The molecule has 1 aromatic heterocycles. The number of carbonyl (C=O) groups excluding carboxylic acids is 1. The lowest BCUT2D eigenvalue weighted by atomic mass is 10.0. The number of urea groups is 1. The van der Waals surface area contributed by atoms with Gasteiger partial charge in [0.1, 0.15) is 21.5 Å². The average Bonchev–Trinajstić information content (AvgIpc) is 3.58. The van der Waals surface area contributed by atoms with Crippen LogP contribution in [0.3, 0.4) is 0 Å². The van der Waals surface area contributed by atoms with Gasteiger partial charge in [-0.3, -0.25) is 4.84 Å². The number of nitrogens with zero attached hydrogens (tertiary/aromatic N) is 4. The van der Waals surface area contributed by atoms with Crippen LogP contribution in [0.5, 0.6) is 0 Å². The molecule has 40 heavy (non-hydrogen) atoms. The molecule has 0 spiro atoms. The maximum Gasteiger partial charge on any atom is 0.341 e. The minimum Gasteiger partial charge on any atom is -0.332 e. The molecule has 12 heteroatoms. The first-order chi connectivity index (χ1) is 19.3. The maximum absolute atomic E-state index is 14.9. The van der Waals surface area contributed by atoms with E-state index in [2.05, 4.69) is 5.32 Å². The Morgan fingerprint density at radius 3 is 2.70 bits per heavy atom. The molecule has 5 rings (SSSR count). The van der Waals surface area contributed by atoms with Gasteiger partial charge >= 0.3 is 6.03 Å². The number of halogens is 2. The third-order valence-corrected chi connectivity index (χ3v) is 8.97. The third-order valence-electron chi connectivity index (χ3n) is 6.53. The summed E-state index contributed by atoms with van der Waals surface area (Å²) >= 11 is 2.81. The van der Waals surface area contributed by atoms with Crippen molar-refractivity contribution in [3.05, 3.63) is 95.1 Å². The van der Waals surface area contributed by atoms with Gasteiger partial charge < -0.3 is 11.1 Å². The Morgan fingerprint density at radius 1 is 1.15 bits per heavy atom. The van der Waals surface area contributed by atoms with Crippen molar-refractivity contribution in [2.24, 2.45) is 10.8 Å². The third kappa shape index (κ3) is 5.52. The van der Waals surface area contributed by atoms with Gasteiger partial charge in [0.2, 0.25) is 5.13 Å². The highest BCUT2D eigenvalue weighted by atomic mass is 32.2. The van der Waals surface area contributed by atoms with Crippen molar-refractivity contribution in [1.82, 2.24) is 15.4 Å². The minimum absolute atomic E-state index is 0.0979. The van der Waals surface area contributed by atoms with Gasteiger partial charge in [0.15, 0.2) is 0 Å². The van der Waals surface area contributed by atoms with E-state index in [1.165, 1.54) is 43.3 Å². The zero-order valence-electron chi connectivity index (χ0n) is 21.9. The molecule has 1 unspecified atom stereocenters. The molecule has 0 saturated carbocycles. The Balaban J connectivity index is 1.57. The monoisotopic (exact) mass is 582 g/mol. The zero-order chi connectivity index (χ0) is 28.3. The topological polar surface area (TPSA) is 96.1 Å². The molecule has 1 aliphatic heterocycles. The van der Waals surface area contributed by atoms with Gasteiger partial charge in [-0.2, -0.15) is 5.10 Å². The fourth-order valence-electron chi connectivity index (χ4n) is 4.41. The molecule has 0 bridgehead atoms. The lowest BCUT2D eigenvalue weighted by Crippen LogP contribution is -2.38. The van der Waals surface area contributed by atoms with Gasteiger partial charge in [0.05, 0.1) is 17.3 Å². The predicted molar refractivity (Wildman–Crippen MR) is 156 cm³/mol. The summed E-state index contributed by atoms with van der Waals surface area (Å²) in [5, 5.41) is 11.6. The zero-order valence-corrected chi connectivity index (χ0v) is 23.6. The number of thioether (sulfide) groups is 1. The summed E-state index contributed by atoms with van der Waals surface area (Å²) in [5.74, 6) is -1.09. The summed E-state index contributed by atoms with van der Waals surface area (Å²) in [4.78, 5) is 21.1. The van der Waals surface area contributed by atoms with Crippen LogP contribution < -0.4 is 16.1 Å². The smallest absolute Gasteiger partial charge is 0.332 e. The first kappa shape index (κ1) is 28.0. The van der Waals surface area contributed by atoms with Crippen molar-refractivity contribution in [1.29, 1.82) is 0 Å². The van der Waals surface area contributed by atoms with E-state index >= 15 is 0 Å². The average molecular weight is 583 g/mol. The fraction of sp³-hybridized carbons (Fsp3) is 0.250. The summed E-state index contributed by atoms with van der Waals surface area (Å²) in [5.41, 5.74) is 8.64. The molecule has 0 fully saturated rings. The number of nitrogens with two attached hydrogens (primary N) is 1. The van der Waals surface area contributed by atoms with E-state index in [1.807, 2.05) is 53.5 Å². The van der Waals surface area contributed by atoms with Crippen LogP contribution in [0.2, 0.25) is 0 Å². The largest absolute Gasteiger partial charge is 0.341 e. The first-order valence-corrected chi connectivity index (χ1v) is 14.2. The number of thiazole rings is 1. The summed E-state index contributed by atoms with van der Waals surface area (Å²) < 4.78 is 30.0. The SMILES string of the molecule is CON(C)C(=O)NCc1ccc2nc(N3N=C(c4cc(F)ccc4F)SC3(CCCN)c3ccccc3)sc2c1. The highest BCUT2D eigenvalue weighted by Crippen LogP contribution is 2.53. The van der Waals surface area contributed by atoms with Crippen LogP contribution in [-0.4, -0.2) is 41.8 Å². The van der Waals surface area contributed by atoms with Gasteiger partial charge in [-0.05, 0) is 60.8 Å². The number of nitrogens with one attached hydrogen (secondary N) is 1. The van der Waals surface area contributed by atoms with E-state index in [-0.39, 0.29) is 11.6 Å². The molecule has 3 aromatic carbocycles. The van der Waals surface area contributed by atoms with Crippen LogP contribution in [0.4, 0.5) is 18.7 Å².